The minimum atomic E-state index is -0.490. The number of H-pyrrole nitrogens is 1. The average Bonchev–Trinajstić information content (AvgIpc) is 3.27. The molecule has 1 N–H and O–H groups in total. The predicted molar refractivity (Wildman–Crippen MR) is 114 cm³/mol. The Kier molecular flexibility index (Phi) is 4.91. The third-order valence-corrected chi connectivity index (χ3v) is 5.66. The molecule has 0 saturated heterocycles. The number of aromatic nitrogens is 2. The summed E-state index contributed by atoms with van der Waals surface area (Å²) < 4.78 is 5.60. The number of fused-ring (bicyclic) bond motifs is 3. The number of carbonyl (C=O) groups is 1. The quantitative estimate of drug-likeness (QED) is 0.631. The van der Waals surface area contributed by atoms with Crippen molar-refractivity contribution in [2.45, 2.75) is 59.1 Å². The van der Waals surface area contributed by atoms with E-state index in [4.69, 9.17) is 9.72 Å². The molecule has 6 heteroatoms. The molecule has 0 atom stereocenters. The van der Waals surface area contributed by atoms with Crippen molar-refractivity contribution in [1.82, 2.24) is 14.9 Å². The number of carbonyl (C=O) groups excluding carboxylic acids is 1. The zero-order valence-electron chi connectivity index (χ0n) is 17.0. The fourth-order valence-electron chi connectivity index (χ4n) is 3.78. The number of hydrogen-bond donors (Lipinski definition) is 1. The highest BCUT2D eigenvalue weighted by Crippen LogP contribution is 2.36. The van der Waals surface area contributed by atoms with E-state index in [1.165, 1.54) is 22.4 Å². The van der Waals surface area contributed by atoms with Crippen molar-refractivity contribution in [3.63, 3.8) is 0 Å². The molecule has 1 aliphatic rings. The second kappa shape index (κ2) is 7.24. The summed E-state index contributed by atoms with van der Waals surface area (Å²) in [5, 5.41) is 5.42. The Hall–Kier alpha value is -2.34. The van der Waals surface area contributed by atoms with Gasteiger partial charge in [0.05, 0.1) is 6.54 Å². The SMILES string of the molecule is CCCc1cc(-c2ccsc2)c2c3c([nH]c2n1)CCN(C(=O)OC(C)(C)C)C3. The number of nitrogens with zero attached hydrogens (tertiary/aromatic N) is 2. The minimum Gasteiger partial charge on any atom is -0.444 e. The van der Waals surface area contributed by atoms with Crippen LogP contribution >= 0.6 is 11.3 Å². The van der Waals surface area contributed by atoms with Gasteiger partial charge in [-0.15, -0.1) is 0 Å². The zero-order valence-corrected chi connectivity index (χ0v) is 17.8. The molecule has 0 spiro atoms. The van der Waals surface area contributed by atoms with Gasteiger partial charge >= 0.3 is 6.09 Å². The van der Waals surface area contributed by atoms with Crippen molar-refractivity contribution in [2.24, 2.45) is 0 Å². The van der Waals surface area contributed by atoms with Crippen LogP contribution in [0.4, 0.5) is 4.79 Å². The molecule has 0 saturated carbocycles. The molecule has 0 unspecified atom stereocenters. The standard InChI is InChI=1S/C22H27N3O2S/c1-5-6-15-11-16(14-8-10-28-13-14)19-17-12-25(21(26)27-22(2,3)4)9-7-18(17)24-20(19)23-15/h8,10-11,13H,5-7,9,12H2,1-4H3,(H,23,24). The molecule has 1 aliphatic heterocycles. The Morgan fingerprint density at radius 2 is 2.21 bits per heavy atom. The van der Waals surface area contributed by atoms with E-state index in [1.807, 2.05) is 20.8 Å². The monoisotopic (exact) mass is 397 g/mol. The van der Waals surface area contributed by atoms with Gasteiger partial charge in [-0.3, -0.25) is 0 Å². The van der Waals surface area contributed by atoms with Crippen LogP contribution in [0.15, 0.2) is 22.9 Å². The summed E-state index contributed by atoms with van der Waals surface area (Å²) in [6.07, 6.45) is 2.56. The van der Waals surface area contributed by atoms with Crippen LogP contribution in [0.1, 0.15) is 51.1 Å². The molecule has 148 valence electrons. The normalized spacial score (nSPS) is 14.4. The molecule has 3 aromatic heterocycles. The third-order valence-electron chi connectivity index (χ3n) is 4.98. The molecule has 0 fully saturated rings. The van der Waals surface area contributed by atoms with E-state index in [1.54, 1.807) is 16.2 Å². The van der Waals surface area contributed by atoms with Crippen molar-refractivity contribution >= 4 is 28.5 Å². The molecule has 0 aliphatic carbocycles. The summed E-state index contributed by atoms with van der Waals surface area (Å²) >= 11 is 1.70. The zero-order chi connectivity index (χ0) is 19.9. The van der Waals surface area contributed by atoms with Crippen LogP contribution < -0.4 is 0 Å². The maximum atomic E-state index is 12.6. The molecular weight excluding hydrogens is 370 g/mol. The van der Waals surface area contributed by atoms with Crippen LogP contribution in [0.3, 0.4) is 0 Å². The first-order valence-corrected chi connectivity index (χ1v) is 10.8. The lowest BCUT2D eigenvalue weighted by Gasteiger charge is -2.30. The van der Waals surface area contributed by atoms with Gasteiger partial charge in [-0.25, -0.2) is 9.78 Å². The second-order valence-electron chi connectivity index (χ2n) is 8.38. The smallest absolute Gasteiger partial charge is 0.410 e. The van der Waals surface area contributed by atoms with E-state index in [9.17, 15) is 4.79 Å². The number of ether oxygens (including phenoxy) is 1. The summed E-state index contributed by atoms with van der Waals surface area (Å²) in [5.41, 5.74) is 6.33. The van der Waals surface area contributed by atoms with Crippen LogP contribution in [0.5, 0.6) is 0 Å². The number of rotatable bonds is 3. The van der Waals surface area contributed by atoms with Gasteiger partial charge in [0.1, 0.15) is 11.2 Å². The first-order valence-electron chi connectivity index (χ1n) is 9.89. The molecule has 28 heavy (non-hydrogen) atoms. The first-order chi connectivity index (χ1) is 13.4. The molecule has 4 rings (SSSR count). The van der Waals surface area contributed by atoms with Crippen LogP contribution in [0.25, 0.3) is 22.2 Å². The van der Waals surface area contributed by atoms with Gasteiger partial charge in [0, 0.05) is 35.3 Å². The van der Waals surface area contributed by atoms with Gasteiger partial charge < -0.3 is 14.6 Å². The van der Waals surface area contributed by atoms with Gasteiger partial charge in [-0.1, -0.05) is 13.3 Å². The summed E-state index contributed by atoms with van der Waals surface area (Å²) in [6.45, 7) is 9.09. The Morgan fingerprint density at radius 1 is 1.39 bits per heavy atom. The van der Waals surface area contributed by atoms with Crippen molar-refractivity contribution in [3.8, 4) is 11.1 Å². The Balaban J connectivity index is 1.78. The van der Waals surface area contributed by atoms with Gasteiger partial charge in [0.2, 0.25) is 0 Å². The highest BCUT2D eigenvalue weighted by atomic mass is 32.1. The number of aromatic amines is 1. The first kappa shape index (κ1) is 19.0. The summed E-state index contributed by atoms with van der Waals surface area (Å²) in [4.78, 5) is 22.8. The van der Waals surface area contributed by atoms with Gasteiger partial charge in [0.15, 0.2) is 0 Å². The highest BCUT2D eigenvalue weighted by Gasteiger charge is 2.29. The van der Waals surface area contributed by atoms with Crippen molar-refractivity contribution in [3.05, 3.63) is 39.8 Å². The van der Waals surface area contributed by atoms with Crippen LogP contribution in [-0.2, 0) is 24.1 Å². The summed E-state index contributed by atoms with van der Waals surface area (Å²) in [6, 6.07) is 4.37. The van der Waals surface area contributed by atoms with Crippen molar-refractivity contribution in [2.75, 3.05) is 6.54 Å². The van der Waals surface area contributed by atoms with E-state index in [0.29, 0.717) is 13.1 Å². The topological polar surface area (TPSA) is 58.2 Å². The van der Waals surface area contributed by atoms with E-state index >= 15 is 0 Å². The molecular formula is C22H27N3O2S. The predicted octanol–water partition coefficient (Wildman–Crippen LogP) is 5.54. The lowest BCUT2D eigenvalue weighted by atomic mass is 9.98. The van der Waals surface area contributed by atoms with E-state index in [0.717, 1.165) is 36.0 Å². The van der Waals surface area contributed by atoms with Crippen LogP contribution in [0.2, 0.25) is 0 Å². The van der Waals surface area contributed by atoms with E-state index in [2.05, 4.69) is 34.8 Å². The van der Waals surface area contributed by atoms with Crippen LogP contribution in [-0.4, -0.2) is 33.1 Å². The average molecular weight is 398 g/mol. The maximum Gasteiger partial charge on any atom is 0.410 e. The fourth-order valence-corrected chi connectivity index (χ4v) is 4.44. The van der Waals surface area contributed by atoms with Crippen molar-refractivity contribution < 1.29 is 9.53 Å². The summed E-state index contributed by atoms with van der Waals surface area (Å²) in [7, 11) is 0. The molecule has 1 amide bonds. The van der Waals surface area contributed by atoms with Gasteiger partial charge in [-0.05, 0) is 61.2 Å². The molecule has 0 aromatic carbocycles. The summed E-state index contributed by atoms with van der Waals surface area (Å²) in [5.74, 6) is 0. The highest BCUT2D eigenvalue weighted by molar-refractivity contribution is 7.08. The Bertz CT molecular complexity index is 999. The number of nitrogens with one attached hydrogen (secondary N) is 1. The second-order valence-corrected chi connectivity index (χ2v) is 9.16. The third kappa shape index (κ3) is 3.65. The number of thiophene rings is 1. The van der Waals surface area contributed by atoms with E-state index in [-0.39, 0.29) is 6.09 Å². The molecule has 5 nitrogen and oxygen atoms in total. The number of hydrogen-bond acceptors (Lipinski definition) is 4. The van der Waals surface area contributed by atoms with Crippen LogP contribution in [0, 0.1) is 0 Å². The van der Waals surface area contributed by atoms with Gasteiger partial charge in [-0.2, -0.15) is 11.3 Å². The van der Waals surface area contributed by atoms with E-state index < -0.39 is 5.60 Å². The maximum absolute atomic E-state index is 12.6. The fraction of sp³-hybridized carbons (Fsp3) is 0.455. The Labute approximate surface area is 169 Å². The molecule has 3 aromatic rings. The number of aryl methyl sites for hydroxylation is 1. The lowest BCUT2D eigenvalue weighted by Crippen LogP contribution is -2.39. The van der Waals surface area contributed by atoms with Gasteiger partial charge in [0.25, 0.3) is 0 Å². The minimum absolute atomic E-state index is 0.250. The molecule has 0 bridgehead atoms. The largest absolute Gasteiger partial charge is 0.444 e. The molecule has 0 radical (unpaired) electrons. The lowest BCUT2D eigenvalue weighted by molar-refractivity contribution is 0.0224. The number of amides is 1. The van der Waals surface area contributed by atoms with Crippen molar-refractivity contribution in [1.29, 1.82) is 0 Å². The molecule has 4 heterocycles. The number of pyridine rings is 1. The Morgan fingerprint density at radius 3 is 2.89 bits per heavy atom.